The van der Waals surface area contributed by atoms with Crippen LogP contribution >= 0.6 is 0 Å². The van der Waals surface area contributed by atoms with Crippen LogP contribution in [-0.4, -0.2) is 13.6 Å². The molecule has 3 rings (SSSR count). The third-order valence-corrected chi connectivity index (χ3v) is 4.34. The number of fused-ring (bicyclic) bond motifs is 1. The highest BCUT2D eigenvalue weighted by Crippen LogP contribution is 2.41. The van der Waals surface area contributed by atoms with Crippen molar-refractivity contribution < 1.29 is 0 Å². The second-order valence-electron chi connectivity index (χ2n) is 6.64. The standard InChI is InChI=1S/C19H24N2/c1-19(2)14-21(3)17-11-7-10-16(18(17)19)13-20-12-15-8-5-4-6-9-15/h4-11,20H,12-14H2,1-3H3. The maximum absolute atomic E-state index is 3.58. The molecule has 1 heterocycles. The van der Waals surface area contributed by atoms with E-state index in [0.717, 1.165) is 19.6 Å². The Bertz CT molecular complexity index is 617. The Kier molecular flexibility index (Phi) is 3.73. The average Bonchev–Trinajstić information content (AvgIpc) is 2.71. The molecule has 0 saturated heterocycles. The lowest BCUT2D eigenvalue weighted by atomic mass is 9.83. The smallest absolute Gasteiger partial charge is 0.0405 e. The van der Waals surface area contributed by atoms with Crippen LogP contribution in [0.5, 0.6) is 0 Å². The molecule has 0 unspecified atom stereocenters. The Labute approximate surface area is 127 Å². The minimum atomic E-state index is 0.231. The lowest BCUT2D eigenvalue weighted by Gasteiger charge is -2.21. The minimum absolute atomic E-state index is 0.231. The van der Waals surface area contributed by atoms with Crippen molar-refractivity contribution in [3.05, 3.63) is 65.2 Å². The van der Waals surface area contributed by atoms with Gasteiger partial charge in [-0.05, 0) is 22.8 Å². The molecule has 0 atom stereocenters. The Morgan fingerprint density at radius 2 is 1.76 bits per heavy atom. The Morgan fingerprint density at radius 3 is 2.52 bits per heavy atom. The summed E-state index contributed by atoms with van der Waals surface area (Å²) in [6, 6.07) is 17.3. The van der Waals surface area contributed by atoms with Gasteiger partial charge in [-0.1, -0.05) is 56.3 Å². The minimum Gasteiger partial charge on any atom is -0.373 e. The second-order valence-corrected chi connectivity index (χ2v) is 6.64. The van der Waals surface area contributed by atoms with E-state index in [1.807, 2.05) is 0 Å². The molecule has 0 spiro atoms. The fourth-order valence-corrected chi connectivity index (χ4v) is 3.53. The number of nitrogens with one attached hydrogen (secondary N) is 1. The van der Waals surface area contributed by atoms with Crippen LogP contribution in [-0.2, 0) is 18.5 Å². The molecular weight excluding hydrogens is 256 g/mol. The highest BCUT2D eigenvalue weighted by Gasteiger charge is 2.34. The van der Waals surface area contributed by atoms with Gasteiger partial charge in [-0.3, -0.25) is 0 Å². The van der Waals surface area contributed by atoms with Crippen LogP contribution in [0.15, 0.2) is 48.5 Å². The average molecular weight is 280 g/mol. The van der Waals surface area contributed by atoms with E-state index < -0.39 is 0 Å². The summed E-state index contributed by atoms with van der Waals surface area (Å²) in [4.78, 5) is 2.37. The summed E-state index contributed by atoms with van der Waals surface area (Å²) in [6.45, 7) is 7.63. The predicted molar refractivity (Wildman–Crippen MR) is 89.7 cm³/mol. The molecular formula is C19H24N2. The fourth-order valence-electron chi connectivity index (χ4n) is 3.53. The van der Waals surface area contributed by atoms with Gasteiger partial charge in [-0.15, -0.1) is 0 Å². The molecule has 2 aromatic carbocycles. The van der Waals surface area contributed by atoms with Crippen LogP contribution in [0.25, 0.3) is 0 Å². The van der Waals surface area contributed by atoms with Gasteiger partial charge in [-0.2, -0.15) is 0 Å². The van der Waals surface area contributed by atoms with Crippen molar-refractivity contribution in [2.45, 2.75) is 32.4 Å². The maximum atomic E-state index is 3.58. The Morgan fingerprint density at radius 1 is 1.00 bits per heavy atom. The van der Waals surface area contributed by atoms with Crippen LogP contribution in [0.1, 0.15) is 30.5 Å². The summed E-state index contributed by atoms with van der Waals surface area (Å²) < 4.78 is 0. The molecule has 0 aliphatic carbocycles. The van der Waals surface area contributed by atoms with Crippen molar-refractivity contribution in [1.29, 1.82) is 0 Å². The van der Waals surface area contributed by atoms with E-state index in [-0.39, 0.29) is 5.41 Å². The van der Waals surface area contributed by atoms with E-state index >= 15 is 0 Å². The van der Waals surface area contributed by atoms with E-state index in [4.69, 9.17) is 0 Å². The van der Waals surface area contributed by atoms with Gasteiger partial charge in [0.1, 0.15) is 0 Å². The summed E-state index contributed by atoms with van der Waals surface area (Å²) in [5.41, 5.74) is 5.89. The largest absolute Gasteiger partial charge is 0.373 e. The Hall–Kier alpha value is -1.80. The van der Waals surface area contributed by atoms with Gasteiger partial charge < -0.3 is 10.2 Å². The molecule has 1 aliphatic heterocycles. The van der Waals surface area contributed by atoms with Crippen LogP contribution in [0, 0.1) is 0 Å². The zero-order chi connectivity index (χ0) is 14.9. The van der Waals surface area contributed by atoms with E-state index in [1.165, 1.54) is 22.4 Å². The first kappa shape index (κ1) is 14.2. The predicted octanol–water partition coefficient (Wildman–Crippen LogP) is 3.70. The molecule has 2 aromatic rings. The Balaban J connectivity index is 1.75. The molecule has 0 aromatic heterocycles. The van der Waals surface area contributed by atoms with Gasteiger partial charge in [0, 0.05) is 37.8 Å². The number of anilines is 1. The van der Waals surface area contributed by atoms with Crippen molar-refractivity contribution in [2.75, 3.05) is 18.5 Å². The topological polar surface area (TPSA) is 15.3 Å². The molecule has 0 saturated carbocycles. The van der Waals surface area contributed by atoms with Crippen molar-refractivity contribution in [3.8, 4) is 0 Å². The van der Waals surface area contributed by atoms with Crippen LogP contribution in [0.4, 0.5) is 5.69 Å². The molecule has 1 aliphatic rings. The molecule has 0 radical (unpaired) electrons. The summed E-state index contributed by atoms with van der Waals surface area (Å²) in [6.07, 6.45) is 0. The van der Waals surface area contributed by atoms with Gasteiger partial charge in [0.25, 0.3) is 0 Å². The number of hydrogen-bond acceptors (Lipinski definition) is 2. The van der Waals surface area contributed by atoms with Crippen molar-refractivity contribution >= 4 is 5.69 Å². The number of likely N-dealkylation sites (N-methyl/N-ethyl adjacent to an activating group) is 1. The lowest BCUT2D eigenvalue weighted by Crippen LogP contribution is -2.26. The highest BCUT2D eigenvalue weighted by atomic mass is 15.1. The zero-order valence-electron chi connectivity index (χ0n) is 13.2. The number of nitrogens with zero attached hydrogens (tertiary/aromatic N) is 1. The molecule has 0 fully saturated rings. The number of hydrogen-bond donors (Lipinski definition) is 1. The maximum Gasteiger partial charge on any atom is 0.0405 e. The SMILES string of the molecule is CN1CC(C)(C)c2c(CNCc3ccccc3)cccc21. The fraction of sp³-hybridized carbons (Fsp3) is 0.368. The van der Waals surface area contributed by atoms with Crippen molar-refractivity contribution in [3.63, 3.8) is 0 Å². The van der Waals surface area contributed by atoms with Gasteiger partial charge >= 0.3 is 0 Å². The van der Waals surface area contributed by atoms with Crippen molar-refractivity contribution in [2.24, 2.45) is 0 Å². The molecule has 1 N–H and O–H groups in total. The number of rotatable bonds is 4. The van der Waals surface area contributed by atoms with Crippen LogP contribution in [0.2, 0.25) is 0 Å². The first-order valence-electron chi connectivity index (χ1n) is 7.66. The summed E-state index contributed by atoms with van der Waals surface area (Å²) in [5.74, 6) is 0. The monoisotopic (exact) mass is 280 g/mol. The molecule has 2 heteroatoms. The van der Waals surface area contributed by atoms with Gasteiger partial charge in [0.05, 0.1) is 0 Å². The van der Waals surface area contributed by atoms with E-state index in [1.54, 1.807) is 0 Å². The van der Waals surface area contributed by atoms with E-state index in [9.17, 15) is 0 Å². The second kappa shape index (κ2) is 5.53. The summed E-state index contributed by atoms with van der Waals surface area (Å²) in [7, 11) is 2.19. The molecule has 0 bridgehead atoms. The first-order chi connectivity index (χ1) is 10.1. The normalized spacial score (nSPS) is 16.0. The zero-order valence-corrected chi connectivity index (χ0v) is 13.2. The quantitative estimate of drug-likeness (QED) is 0.918. The summed E-state index contributed by atoms with van der Waals surface area (Å²) >= 11 is 0. The van der Waals surface area contributed by atoms with Gasteiger partial charge in [0.2, 0.25) is 0 Å². The van der Waals surface area contributed by atoms with Crippen molar-refractivity contribution in [1.82, 2.24) is 5.32 Å². The highest BCUT2D eigenvalue weighted by molar-refractivity contribution is 5.64. The van der Waals surface area contributed by atoms with Gasteiger partial charge in [0.15, 0.2) is 0 Å². The number of benzene rings is 2. The van der Waals surface area contributed by atoms with E-state index in [0.29, 0.717) is 0 Å². The molecule has 110 valence electrons. The third kappa shape index (κ3) is 2.81. The van der Waals surface area contributed by atoms with Crippen LogP contribution in [0.3, 0.4) is 0 Å². The molecule has 2 nitrogen and oxygen atoms in total. The van der Waals surface area contributed by atoms with E-state index in [2.05, 4.69) is 79.6 Å². The third-order valence-electron chi connectivity index (χ3n) is 4.34. The molecule has 21 heavy (non-hydrogen) atoms. The van der Waals surface area contributed by atoms with Crippen LogP contribution < -0.4 is 10.2 Å². The first-order valence-corrected chi connectivity index (χ1v) is 7.66. The summed E-state index contributed by atoms with van der Waals surface area (Å²) in [5, 5.41) is 3.58. The van der Waals surface area contributed by atoms with Gasteiger partial charge in [-0.25, -0.2) is 0 Å². The molecule has 0 amide bonds. The lowest BCUT2D eigenvalue weighted by molar-refractivity contribution is 0.553.